The number of carbonyl (C=O) groups is 2. The maximum Gasteiger partial charge on any atom is 0.376 e. The maximum absolute atomic E-state index is 10.9. The van der Waals surface area contributed by atoms with Gasteiger partial charge in [0.15, 0.2) is 0 Å². The van der Waals surface area contributed by atoms with Gasteiger partial charge in [0, 0.05) is 19.3 Å². The number of likely N-dealkylation sites (N-methyl/N-ethyl adjacent to an activating group) is 1. The van der Waals surface area contributed by atoms with Crippen LogP contribution in [0.5, 0.6) is 0 Å². The Balaban J connectivity index is 2.19. The average molecular weight is 231 g/mol. The zero-order valence-electron chi connectivity index (χ0n) is 9.51. The van der Waals surface area contributed by atoms with E-state index in [4.69, 9.17) is 5.11 Å². The van der Waals surface area contributed by atoms with E-state index in [0.29, 0.717) is 0 Å². The van der Waals surface area contributed by atoms with Gasteiger partial charge in [0.2, 0.25) is 0 Å². The summed E-state index contributed by atoms with van der Waals surface area (Å²) in [6.07, 6.45) is 3.61. The molecule has 0 saturated heterocycles. The monoisotopic (exact) mass is 231 g/mol. The number of ketones is 1. The Bertz CT molecular complexity index is 505. The maximum atomic E-state index is 10.9. The molecule has 0 atom stereocenters. The Hall–Kier alpha value is -2.10. The van der Waals surface area contributed by atoms with E-state index in [1.807, 2.05) is 25.2 Å². The lowest BCUT2D eigenvalue weighted by atomic mass is 10.1. The van der Waals surface area contributed by atoms with Gasteiger partial charge in [-0.15, -0.1) is 0 Å². The van der Waals surface area contributed by atoms with Gasteiger partial charge in [0.1, 0.15) is 0 Å². The van der Waals surface area contributed by atoms with E-state index in [2.05, 4.69) is 4.90 Å². The van der Waals surface area contributed by atoms with E-state index in [1.165, 1.54) is 17.3 Å². The van der Waals surface area contributed by atoms with E-state index in [0.717, 1.165) is 24.6 Å². The first-order valence-electron chi connectivity index (χ1n) is 5.37. The highest BCUT2D eigenvalue weighted by Crippen LogP contribution is 2.27. The minimum atomic E-state index is -1.43. The van der Waals surface area contributed by atoms with Gasteiger partial charge in [-0.3, -0.25) is 4.79 Å². The van der Waals surface area contributed by atoms with Crippen molar-refractivity contribution >= 4 is 23.5 Å². The quantitative estimate of drug-likeness (QED) is 0.630. The van der Waals surface area contributed by atoms with Crippen molar-refractivity contribution in [2.24, 2.45) is 0 Å². The van der Waals surface area contributed by atoms with Crippen LogP contribution in [0, 0.1) is 0 Å². The van der Waals surface area contributed by atoms with Crippen LogP contribution in [0.25, 0.3) is 6.08 Å². The first kappa shape index (κ1) is 11.4. The molecule has 0 amide bonds. The van der Waals surface area contributed by atoms with Gasteiger partial charge in [0.05, 0.1) is 0 Å². The summed E-state index contributed by atoms with van der Waals surface area (Å²) in [5.74, 6) is -2.33. The Kier molecular flexibility index (Phi) is 2.95. The molecule has 4 heteroatoms. The van der Waals surface area contributed by atoms with Crippen LogP contribution in [-0.2, 0) is 16.0 Å². The highest BCUT2D eigenvalue weighted by atomic mass is 16.4. The van der Waals surface area contributed by atoms with Crippen LogP contribution in [0.15, 0.2) is 24.3 Å². The van der Waals surface area contributed by atoms with E-state index in [-0.39, 0.29) is 0 Å². The molecule has 0 saturated carbocycles. The predicted octanol–water partition coefficient (Wildman–Crippen LogP) is 1.35. The minimum Gasteiger partial charge on any atom is -0.475 e. The van der Waals surface area contributed by atoms with Crippen molar-refractivity contribution in [1.82, 2.24) is 0 Å². The number of hydrogen-bond acceptors (Lipinski definition) is 3. The molecular formula is C13H13NO3. The van der Waals surface area contributed by atoms with Crippen molar-refractivity contribution in [3.63, 3.8) is 0 Å². The molecular weight excluding hydrogens is 218 g/mol. The van der Waals surface area contributed by atoms with E-state index in [9.17, 15) is 9.59 Å². The second-order valence-electron chi connectivity index (χ2n) is 4.06. The Morgan fingerprint density at radius 2 is 2.18 bits per heavy atom. The molecule has 0 radical (unpaired) electrons. The number of fused-ring (bicyclic) bond motifs is 1. The Labute approximate surface area is 99.2 Å². The average Bonchev–Trinajstić information content (AvgIpc) is 2.67. The lowest BCUT2D eigenvalue weighted by molar-refractivity contribution is -0.146. The number of carboxylic acid groups (broad SMARTS) is 1. The molecule has 0 aromatic heterocycles. The smallest absolute Gasteiger partial charge is 0.376 e. The molecule has 88 valence electrons. The predicted molar refractivity (Wildman–Crippen MR) is 65.1 cm³/mol. The molecule has 1 N–H and O–H groups in total. The molecule has 1 aliphatic rings. The molecule has 1 aromatic carbocycles. The molecule has 0 spiro atoms. The summed E-state index contributed by atoms with van der Waals surface area (Å²) in [7, 11) is 2.04. The second kappa shape index (κ2) is 4.41. The standard InChI is InChI=1S/C13H13NO3/c1-14-7-6-10-8-9(2-4-11(10)14)3-5-12(15)13(16)17/h2-5,8H,6-7H2,1H3,(H,16,17)/b5-3+. The van der Waals surface area contributed by atoms with Gasteiger partial charge in [-0.05, 0) is 35.8 Å². The van der Waals surface area contributed by atoms with Crippen LogP contribution >= 0.6 is 0 Å². The van der Waals surface area contributed by atoms with Gasteiger partial charge >= 0.3 is 5.97 Å². The topological polar surface area (TPSA) is 57.6 Å². The molecule has 1 aliphatic heterocycles. The third kappa shape index (κ3) is 2.36. The fourth-order valence-electron chi connectivity index (χ4n) is 1.93. The first-order valence-corrected chi connectivity index (χ1v) is 5.37. The molecule has 4 nitrogen and oxygen atoms in total. The first-order chi connectivity index (χ1) is 8.08. The van der Waals surface area contributed by atoms with Crippen molar-refractivity contribution in [3.05, 3.63) is 35.4 Å². The molecule has 0 bridgehead atoms. The number of rotatable bonds is 3. The van der Waals surface area contributed by atoms with Crippen LogP contribution < -0.4 is 4.90 Å². The summed E-state index contributed by atoms with van der Waals surface area (Å²) in [6, 6.07) is 5.87. The van der Waals surface area contributed by atoms with E-state index >= 15 is 0 Å². The van der Waals surface area contributed by atoms with Crippen molar-refractivity contribution in [2.75, 3.05) is 18.5 Å². The number of carboxylic acids is 1. The minimum absolute atomic E-state index is 0.855. The lowest BCUT2D eigenvalue weighted by Gasteiger charge is -2.11. The molecule has 2 rings (SSSR count). The number of benzene rings is 1. The molecule has 0 fully saturated rings. The number of hydrogen-bond donors (Lipinski definition) is 1. The van der Waals surface area contributed by atoms with Gasteiger partial charge < -0.3 is 10.0 Å². The van der Waals surface area contributed by atoms with Gasteiger partial charge in [0.25, 0.3) is 5.78 Å². The third-order valence-electron chi connectivity index (χ3n) is 2.87. The summed E-state index contributed by atoms with van der Waals surface area (Å²) in [5, 5.41) is 8.44. The lowest BCUT2D eigenvalue weighted by Crippen LogP contribution is -2.12. The van der Waals surface area contributed by atoms with E-state index in [1.54, 1.807) is 0 Å². The van der Waals surface area contributed by atoms with Crippen molar-refractivity contribution in [2.45, 2.75) is 6.42 Å². The summed E-state index contributed by atoms with van der Waals surface area (Å²) in [5.41, 5.74) is 3.29. The van der Waals surface area contributed by atoms with Gasteiger partial charge in [-0.1, -0.05) is 12.1 Å². The van der Waals surface area contributed by atoms with Gasteiger partial charge in [-0.25, -0.2) is 4.79 Å². The number of carbonyl (C=O) groups excluding carboxylic acids is 1. The zero-order valence-corrected chi connectivity index (χ0v) is 9.51. The zero-order chi connectivity index (χ0) is 12.4. The largest absolute Gasteiger partial charge is 0.475 e. The third-order valence-corrected chi connectivity index (χ3v) is 2.87. The van der Waals surface area contributed by atoms with Crippen LogP contribution in [0.4, 0.5) is 5.69 Å². The SMILES string of the molecule is CN1CCc2cc(/C=C/C(=O)C(=O)O)ccc21. The fourth-order valence-corrected chi connectivity index (χ4v) is 1.93. The van der Waals surface area contributed by atoms with Gasteiger partial charge in [-0.2, -0.15) is 0 Å². The Morgan fingerprint density at radius 1 is 1.41 bits per heavy atom. The van der Waals surface area contributed by atoms with Crippen LogP contribution in [-0.4, -0.2) is 30.5 Å². The normalized spacial score (nSPS) is 14.1. The summed E-state index contributed by atoms with van der Waals surface area (Å²) < 4.78 is 0. The van der Waals surface area contributed by atoms with E-state index < -0.39 is 11.8 Å². The molecule has 0 aliphatic carbocycles. The highest BCUT2D eigenvalue weighted by Gasteiger charge is 2.15. The van der Waals surface area contributed by atoms with Crippen LogP contribution in [0.1, 0.15) is 11.1 Å². The molecule has 0 unspecified atom stereocenters. The summed E-state index contributed by atoms with van der Waals surface area (Å²) >= 11 is 0. The molecule has 17 heavy (non-hydrogen) atoms. The molecule has 1 aromatic rings. The van der Waals surface area contributed by atoms with Crippen molar-refractivity contribution in [1.29, 1.82) is 0 Å². The Morgan fingerprint density at radius 3 is 2.88 bits per heavy atom. The van der Waals surface area contributed by atoms with Crippen molar-refractivity contribution < 1.29 is 14.7 Å². The second-order valence-corrected chi connectivity index (χ2v) is 4.06. The van der Waals surface area contributed by atoms with Crippen molar-refractivity contribution in [3.8, 4) is 0 Å². The number of aliphatic carboxylic acids is 1. The number of anilines is 1. The van der Waals surface area contributed by atoms with Crippen LogP contribution in [0.3, 0.4) is 0 Å². The molecule has 1 heterocycles. The fraction of sp³-hybridized carbons (Fsp3) is 0.231. The highest BCUT2D eigenvalue weighted by molar-refractivity contribution is 6.38. The summed E-state index contributed by atoms with van der Waals surface area (Å²) in [6.45, 7) is 0.997. The number of nitrogens with zero attached hydrogens (tertiary/aromatic N) is 1. The summed E-state index contributed by atoms with van der Waals surface area (Å²) in [4.78, 5) is 23.4. The van der Waals surface area contributed by atoms with Crippen LogP contribution in [0.2, 0.25) is 0 Å².